The summed E-state index contributed by atoms with van der Waals surface area (Å²) in [6, 6.07) is 0. The van der Waals surface area contributed by atoms with Crippen molar-refractivity contribution in [3.8, 4) is 0 Å². The van der Waals surface area contributed by atoms with E-state index in [2.05, 4.69) is 0 Å². The number of carbonyl (C=O) groups excluding carboxylic acids is 1. The van der Waals surface area contributed by atoms with Crippen LogP contribution in [0.15, 0.2) is 0 Å². The second-order valence-corrected chi connectivity index (χ2v) is 4.26. The summed E-state index contributed by atoms with van der Waals surface area (Å²) in [5, 5.41) is 0. The summed E-state index contributed by atoms with van der Waals surface area (Å²) in [5.74, 6) is -8.86. The van der Waals surface area contributed by atoms with Crippen molar-refractivity contribution in [1.82, 2.24) is 4.90 Å². The molecule has 0 aliphatic carbocycles. The quantitative estimate of drug-likeness (QED) is 0.600. The lowest BCUT2D eigenvalue weighted by atomic mass is 10.2. The predicted molar refractivity (Wildman–Crippen MR) is 54.0 cm³/mol. The maximum atomic E-state index is 12.8. The molecule has 1 rings (SSSR count). The first kappa shape index (κ1) is 14.2. The van der Waals surface area contributed by atoms with E-state index in [4.69, 9.17) is 5.73 Å². The van der Waals surface area contributed by atoms with Crippen LogP contribution in [0.2, 0.25) is 0 Å². The molecule has 1 fully saturated rings. The molecule has 1 heterocycles. The van der Waals surface area contributed by atoms with Gasteiger partial charge in [0, 0.05) is 6.42 Å². The van der Waals surface area contributed by atoms with Gasteiger partial charge in [0.05, 0.1) is 13.1 Å². The molecule has 0 aromatic heterocycles. The number of hydrogen-bond donors (Lipinski definition) is 1. The zero-order valence-corrected chi connectivity index (χ0v) is 9.39. The molecule has 1 aliphatic rings. The minimum Gasteiger partial charge on any atom is -0.330 e. The highest BCUT2D eigenvalue weighted by atomic mass is 19.3. The fourth-order valence-corrected chi connectivity index (χ4v) is 1.70. The number of nitrogens with two attached hydrogens (primary N) is 1. The molecule has 0 saturated carbocycles. The maximum absolute atomic E-state index is 12.8. The predicted octanol–water partition coefficient (Wildman–Crippen LogP) is 1.62. The number of rotatable bonds is 5. The van der Waals surface area contributed by atoms with Crippen LogP contribution in [-0.4, -0.2) is 42.3 Å². The van der Waals surface area contributed by atoms with Gasteiger partial charge in [-0.15, -0.1) is 0 Å². The van der Waals surface area contributed by atoms with Crippen molar-refractivity contribution in [2.75, 3.05) is 19.6 Å². The molecule has 0 spiro atoms. The lowest BCUT2D eigenvalue weighted by molar-refractivity contribution is -0.172. The molecule has 7 heteroatoms. The van der Waals surface area contributed by atoms with E-state index in [-0.39, 0.29) is 6.42 Å². The summed E-state index contributed by atoms with van der Waals surface area (Å²) in [7, 11) is 0. The minimum atomic E-state index is -4.11. The molecule has 2 N–H and O–H groups in total. The van der Waals surface area contributed by atoms with Gasteiger partial charge in [-0.05, 0) is 19.4 Å². The van der Waals surface area contributed by atoms with Crippen molar-refractivity contribution >= 4 is 5.91 Å². The molecule has 1 saturated heterocycles. The highest BCUT2D eigenvalue weighted by molar-refractivity contribution is 5.76. The molecule has 100 valence electrons. The van der Waals surface area contributed by atoms with E-state index in [1.165, 1.54) is 0 Å². The van der Waals surface area contributed by atoms with E-state index in [0.29, 0.717) is 24.3 Å². The van der Waals surface area contributed by atoms with Crippen LogP contribution in [0.25, 0.3) is 0 Å². The third-order valence-corrected chi connectivity index (χ3v) is 2.76. The summed E-state index contributed by atoms with van der Waals surface area (Å²) in [6.45, 7) is -1.88. The van der Waals surface area contributed by atoms with Crippen LogP contribution in [-0.2, 0) is 4.79 Å². The first-order valence-corrected chi connectivity index (χ1v) is 5.54. The van der Waals surface area contributed by atoms with Crippen LogP contribution < -0.4 is 5.73 Å². The Balaban J connectivity index is 2.40. The monoisotopic (exact) mass is 256 g/mol. The Hall–Kier alpha value is -0.850. The topological polar surface area (TPSA) is 46.3 Å². The maximum Gasteiger partial charge on any atom is 0.329 e. The molecule has 0 unspecified atom stereocenters. The molecule has 0 atom stereocenters. The molecule has 0 aromatic carbocycles. The van der Waals surface area contributed by atoms with Gasteiger partial charge in [0.1, 0.15) is 0 Å². The number of hydrogen-bond acceptors (Lipinski definition) is 2. The Morgan fingerprint density at radius 3 is 2.06 bits per heavy atom. The van der Waals surface area contributed by atoms with Crippen LogP contribution in [0.3, 0.4) is 0 Å². The molecule has 0 bridgehead atoms. The van der Waals surface area contributed by atoms with Gasteiger partial charge >= 0.3 is 11.8 Å². The van der Waals surface area contributed by atoms with Gasteiger partial charge in [-0.1, -0.05) is 6.42 Å². The van der Waals surface area contributed by atoms with Crippen molar-refractivity contribution in [3.63, 3.8) is 0 Å². The molecular formula is C10H16F4N2O. The molecule has 0 radical (unpaired) electrons. The highest BCUT2D eigenvalue weighted by Gasteiger charge is 2.63. The first-order valence-electron chi connectivity index (χ1n) is 5.54. The normalized spacial score (nSPS) is 21.8. The van der Waals surface area contributed by atoms with Gasteiger partial charge in [-0.25, -0.2) is 0 Å². The Morgan fingerprint density at radius 1 is 1.06 bits per heavy atom. The zero-order valence-electron chi connectivity index (χ0n) is 9.39. The van der Waals surface area contributed by atoms with Crippen molar-refractivity contribution < 1.29 is 22.4 Å². The first-order chi connectivity index (χ1) is 7.80. The fourth-order valence-electron chi connectivity index (χ4n) is 1.70. The van der Waals surface area contributed by atoms with Crippen molar-refractivity contribution in [3.05, 3.63) is 0 Å². The molecule has 0 aromatic rings. The Labute approximate surface area is 96.9 Å². The number of halogens is 4. The number of amides is 1. The second-order valence-electron chi connectivity index (χ2n) is 4.26. The lowest BCUT2D eigenvalue weighted by Crippen LogP contribution is -2.38. The SMILES string of the molecule is NCCCCCC(=O)N1CC(F)(F)C(F)(F)C1. The zero-order chi connectivity index (χ0) is 13.1. The van der Waals surface area contributed by atoms with E-state index < -0.39 is 30.8 Å². The third kappa shape index (κ3) is 3.31. The van der Waals surface area contributed by atoms with Gasteiger partial charge in [-0.3, -0.25) is 4.79 Å². The van der Waals surface area contributed by atoms with E-state index in [0.717, 1.165) is 6.42 Å². The minimum absolute atomic E-state index is 0.0200. The van der Waals surface area contributed by atoms with E-state index >= 15 is 0 Å². The number of likely N-dealkylation sites (tertiary alicyclic amines) is 1. The number of nitrogens with zero attached hydrogens (tertiary/aromatic N) is 1. The van der Waals surface area contributed by atoms with Crippen molar-refractivity contribution in [2.45, 2.75) is 37.5 Å². The van der Waals surface area contributed by atoms with Crippen LogP contribution in [0.5, 0.6) is 0 Å². The number of alkyl halides is 4. The molecular weight excluding hydrogens is 240 g/mol. The Bertz CT molecular complexity index is 267. The summed E-state index contributed by atoms with van der Waals surface area (Å²) >= 11 is 0. The van der Waals surface area contributed by atoms with Gasteiger partial charge in [-0.2, -0.15) is 17.6 Å². The fraction of sp³-hybridized carbons (Fsp3) is 0.900. The van der Waals surface area contributed by atoms with Gasteiger partial charge < -0.3 is 10.6 Å². The van der Waals surface area contributed by atoms with Crippen molar-refractivity contribution in [2.24, 2.45) is 5.73 Å². The van der Waals surface area contributed by atoms with Crippen LogP contribution in [0.4, 0.5) is 17.6 Å². The lowest BCUT2D eigenvalue weighted by Gasteiger charge is -2.14. The summed E-state index contributed by atoms with van der Waals surface area (Å²) in [4.78, 5) is 12.0. The van der Waals surface area contributed by atoms with Gasteiger partial charge in [0.15, 0.2) is 0 Å². The van der Waals surface area contributed by atoms with Crippen LogP contribution in [0, 0.1) is 0 Å². The molecule has 1 amide bonds. The summed E-state index contributed by atoms with van der Waals surface area (Å²) in [5.41, 5.74) is 5.24. The second kappa shape index (κ2) is 5.20. The van der Waals surface area contributed by atoms with Crippen molar-refractivity contribution in [1.29, 1.82) is 0 Å². The van der Waals surface area contributed by atoms with E-state index in [1.54, 1.807) is 0 Å². The van der Waals surface area contributed by atoms with E-state index in [1.807, 2.05) is 0 Å². The Morgan fingerprint density at radius 2 is 1.59 bits per heavy atom. The van der Waals surface area contributed by atoms with Gasteiger partial charge in [0.25, 0.3) is 0 Å². The van der Waals surface area contributed by atoms with Crippen LogP contribution >= 0.6 is 0 Å². The van der Waals surface area contributed by atoms with Gasteiger partial charge in [0.2, 0.25) is 5.91 Å². The number of carbonyl (C=O) groups is 1. The smallest absolute Gasteiger partial charge is 0.329 e. The Kier molecular flexibility index (Phi) is 4.35. The average Bonchev–Trinajstić information content (AvgIpc) is 2.43. The van der Waals surface area contributed by atoms with E-state index in [9.17, 15) is 22.4 Å². The standard InChI is InChI=1S/C10H16F4N2O/c11-9(12)6-16(7-10(9,13)14)8(17)4-2-1-3-5-15/h1-7,15H2. The summed E-state index contributed by atoms with van der Waals surface area (Å²) in [6.07, 6.45) is 1.94. The highest BCUT2D eigenvalue weighted by Crippen LogP contribution is 2.41. The largest absolute Gasteiger partial charge is 0.330 e. The molecule has 17 heavy (non-hydrogen) atoms. The number of unbranched alkanes of at least 4 members (excludes halogenated alkanes) is 2. The third-order valence-electron chi connectivity index (χ3n) is 2.76. The van der Waals surface area contributed by atoms with Crippen LogP contribution in [0.1, 0.15) is 25.7 Å². The molecule has 1 aliphatic heterocycles. The summed E-state index contributed by atoms with van der Waals surface area (Å²) < 4.78 is 51.3. The molecule has 3 nitrogen and oxygen atoms in total. The average molecular weight is 256 g/mol.